The van der Waals surface area contributed by atoms with Crippen LogP contribution in [0.4, 0.5) is 0 Å². The molecule has 2 rings (SSSR count). The first-order valence-electron chi connectivity index (χ1n) is 5.49. The van der Waals surface area contributed by atoms with E-state index in [0.29, 0.717) is 16.7 Å². The molecule has 1 aliphatic carbocycles. The summed E-state index contributed by atoms with van der Waals surface area (Å²) in [4.78, 5) is 13.1. The third-order valence-corrected chi connectivity index (χ3v) is 5.68. The second kappa shape index (κ2) is 3.73. The number of carbonyl (C=O) groups excluding carboxylic acids is 1. The van der Waals surface area contributed by atoms with Gasteiger partial charge in [-0.2, -0.15) is 0 Å². The predicted octanol–water partition coefficient (Wildman–Crippen LogP) is 2.67. The van der Waals surface area contributed by atoms with Crippen molar-refractivity contribution in [3.05, 3.63) is 11.0 Å². The van der Waals surface area contributed by atoms with Crippen molar-refractivity contribution in [3.63, 3.8) is 0 Å². The molecule has 14 heavy (non-hydrogen) atoms. The Labute approximate surface area is 89.3 Å². The maximum absolute atomic E-state index is 11.9. The van der Waals surface area contributed by atoms with Gasteiger partial charge >= 0.3 is 0 Å². The summed E-state index contributed by atoms with van der Waals surface area (Å²) in [6, 6.07) is 0. The van der Waals surface area contributed by atoms with E-state index in [2.05, 4.69) is 19.9 Å². The van der Waals surface area contributed by atoms with Crippen LogP contribution in [0.1, 0.15) is 39.5 Å². The van der Waals surface area contributed by atoms with E-state index in [1.807, 2.05) is 0 Å². The summed E-state index contributed by atoms with van der Waals surface area (Å²) in [5.74, 6) is 2.99. The lowest BCUT2D eigenvalue weighted by Crippen LogP contribution is -2.26. The molecule has 0 unspecified atom stereocenters. The predicted molar refractivity (Wildman–Crippen MR) is 62.4 cm³/mol. The van der Waals surface area contributed by atoms with Crippen molar-refractivity contribution in [2.24, 2.45) is 5.41 Å². The van der Waals surface area contributed by atoms with Crippen molar-refractivity contribution < 1.29 is 4.79 Å². The number of carbonyl (C=O) groups is 1. The summed E-state index contributed by atoms with van der Waals surface area (Å²) in [5.41, 5.74) is 0.212. The van der Waals surface area contributed by atoms with Gasteiger partial charge in [0.15, 0.2) is 4.91 Å². The van der Waals surface area contributed by atoms with Crippen molar-refractivity contribution in [1.29, 1.82) is 0 Å². The zero-order valence-corrected chi connectivity index (χ0v) is 9.95. The Morgan fingerprint density at radius 2 is 1.93 bits per heavy atom. The summed E-state index contributed by atoms with van der Waals surface area (Å²) in [6.45, 7) is 4.38. The van der Waals surface area contributed by atoms with E-state index in [1.54, 1.807) is 0 Å². The number of hydrogen-bond acceptors (Lipinski definition) is 1. The molecule has 1 fully saturated rings. The van der Waals surface area contributed by atoms with Gasteiger partial charge in [0.1, 0.15) is 11.5 Å². The van der Waals surface area contributed by atoms with Gasteiger partial charge in [0, 0.05) is 17.3 Å². The highest BCUT2D eigenvalue weighted by molar-refractivity contribution is 8.01. The summed E-state index contributed by atoms with van der Waals surface area (Å²) >= 11 is 0. The Morgan fingerprint density at radius 3 is 2.50 bits per heavy atom. The fourth-order valence-corrected chi connectivity index (χ4v) is 4.69. The molecule has 1 saturated heterocycles. The van der Waals surface area contributed by atoms with Gasteiger partial charge < -0.3 is 0 Å². The molecule has 0 spiro atoms. The van der Waals surface area contributed by atoms with E-state index in [-0.39, 0.29) is 5.41 Å². The Balaban J connectivity index is 2.12. The van der Waals surface area contributed by atoms with E-state index < -0.39 is 0 Å². The molecular formula is C12H19OS+. The van der Waals surface area contributed by atoms with Crippen LogP contribution in [-0.4, -0.2) is 17.3 Å². The normalized spacial score (nSPS) is 27.9. The van der Waals surface area contributed by atoms with Crippen LogP contribution in [0.15, 0.2) is 11.0 Å². The van der Waals surface area contributed by atoms with Crippen LogP contribution in [0.5, 0.6) is 0 Å². The number of rotatable bonds is 1. The maximum Gasteiger partial charge on any atom is 0.210 e. The summed E-state index contributed by atoms with van der Waals surface area (Å²) in [7, 11) is 0.335. The number of ketones is 1. The Morgan fingerprint density at radius 1 is 1.29 bits per heavy atom. The second-order valence-electron chi connectivity index (χ2n) is 5.14. The molecular weight excluding hydrogens is 192 g/mol. The molecule has 2 aliphatic rings. The van der Waals surface area contributed by atoms with Gasteiger partial charge in [0.05, 0.1) is 0 Å². The lowest BCUT2D eigenvalue weighted by atomic mass is 9.80. The molecule has 0 bridgehead atoms. The van der Waals surface area contributed by atoms with Crippen molar-refractivity contribution in [1.82, 2.24) is 0 Å². The summed E-state index contributed by atoms with van der Waals surface area (Å²) in [6.07, 6.45) is 6.76. The van der Waals surface area contributed by atoms with Gasteiger partial charge in [-0.1, -0.05) is 13.8 Å². The van der Waals surface area contributed by atoms with Crippen LogP contribution in [0.2, 0.25) is 0 Å². The topological polar surface area (TPSA) is 17.1 Å². The molecule has 0 aromatic heterocycles. The van der Waals surface area contributed by atoms with Gasteiger partial charge in [-0.25, -0.2) is 0 Å². The minimum absolute atomic E-state index is 0.212. The third kappa shape index (κ3) is 2.05. The zero-order valence-electron chi connectivity index (χ0n) is 9.14. The van der Waals surface area contributed by atoms with Crippen LogP contribution < -0.4 is 0 Å². The first-order valence-corrected chi connectivity index (χ1v) is 7.06. The Kier molecular flexibility index (Phi) is 2.74. The van der Waals surface area contributed by atoms with Crippen molar-refractivity contribution in [3.8, 4) is 0 Å². The monoisotopic (exact) mass is 211 g/mol. The third-order valence-electron chi connectivity index (χ3n) is 3.10. The number of allylic oxidation sites excluding steroid dienone is 2. The molecule has 1 aliphatic heterocycles. The Hall–Kier alpha value is -0.240. The minimum atomic E-state index is 0.212. The average molecular weight is 211 g/mol. The highest BCUT2D eigenvalue weighted by atomic mass is 32.2. The molecule has 2 heteroatoms. The molecule has 0 aromatic carbocycles. The average Bonchev–Trinajstić information content (AvgIpc) is 2.54. The minimum Gasteiger partial charge on any atom is -0.289 e. The second-order valence-corrected chi connectivity index (χ2v) is 7.39. The summed E-state index contributed by atoms with van der Waals surface area (Å²) in [5, 5.41) is 0. The van der Waals surface area contributed by atoms with E-state index >= 15 is 0 Å². The molecule has 1 heterocycles. The van der Waals surface area contributed by atoms with Crippen LogP contribution in [0.3, 0.4) is 0 Å². The van der Waals surface area contributed by atoms with Gasteiger partial charge in [-0.05, 0) is 30.8 Å². The van der Waals surface area contributed by atoms with Gasteiger partial charge in [0.2, 0.25) is 5.78 Å². The molecule has 0 saturated carbocycles. The van der Waals surface area contributed by atoms with Crippen LogP contribution in [-0.2, 0) is 15.7 Å². The molecule has 1 nitrogen and oxygen atoms in total. The molecule has 0 aromatic rings. The molecule has 0 radical (unpaired) electrons. The zero-order chi connectivity index (χ0) is 10.2. The van der Waals surface area contributed by atoms with Crippen LogP contribution in [0.25, 0.3) is 0 Å². The fraction of sp³-hybridized carbons (Fsp3) is 0.750. The fourth-order valence-electron chi connectivity index (χ4n) is 2.23. The SMILES string of the molecule is CC1(C)CC=C([S+]2CCCC2)C(=O)C1. The number of hydrogen-bond donors (Lipinski definition) is 0. The first kappa shape index (κ1) is 10.3. The quantitative estimate of drug-likeness (QED) is 0.609. The summed E-state index contributed by atoms with van der Waals surface area (Å²) < 4.78 is 0. The molecule has 0 amide bonds. The van der Waals surface area contributed by atoms with E-state index in [4.69, 9.17) is 0 Å². The highest BCUT2D eigenvalue weighted by Gasteiger charge is 2.38. The van der Waals surface area contributed by atoms with Crippen molar-refractivity contribution in [2.75, 3.05) is 11.5 Å². The van der Waals surface area contributed by atoms with Crippen molar-refractivity contribution >= 4 is 16.7 Å². The largest absolute Gasteiger partial charge is 0.289 e. The molecule has 78 valence electrons. The van der Waals surface area contributed by atoms with Crippen LogP contribution >= 0.6 is 0 Å². The maximum atomic E-state index is 11.9. The first-order chi connectivity index (χ1) is 6.58. The lowest BCUT2D eigenvalue weighted by Gasteiger charge is -2.26. The molecule has 0 atom stereocenters. The van der Waals surface area contributed by atoms with E-state index in [0.717, 1.165) is 12.8 Å². The van der Waals surface area contributed by atoms with Crippen LogP contribution in [0, 0.1) is 5.41 Å². The standard InChI is InChI=1S/C12H19OS/c1-12(2)6-5-11(10(13)9-12)14-7-3-4-8-14/h5H,3-4,6-9H2,1-2H3/q+1. The van der Waals surface area contributed by atoms with Gasteiger partial charge in [-0.15, -0.1) is 0 Å². The van der Waals surface area contributed by atoms with Gasteiger partial charge in [-0.3, -0.25) is 4.79 Å². The van der Waals surface area contributed by atoms with E-state index in [9.17, 15) is 4.79 Å². The van der Waals surface area contributed by atoms with Gasteiger partial charge in [0.25, 0.3) is 0 Å². The highest BCUT2D eigenvalue weighted by Crippen LogP contribution is 2.36. The smallest absolute Gasteiger partial charge is 0.210 e. The number of Topliss-reactive ketones (excluding diaryl/α,β-unsaturated/α-hetero) is 1. The molecule has 0 N–H and O–H groups in total. The lowest BCUT2D eigenvalue weighted by molar-refractivity contribution is -0.117. The van der Waals surface area contributed by atoms with Crippen molar-refractivity contribution in [2.45, 2.75) is 39.5 Å². The Bertz CT molecular complexity index is 272. The van der Waals surface area contributed by atoms with E-state index in [1.165, 1.54) is 29.3 Å².